The van der Waals surface area contributed by atoms with Crippen LogP contribution in [0.3, 0.4) is 0 Å². The third kappa shape index (κ3) is 3.82. The number of hydrogen-bond acceptors (Lipinski definition) is 8. The van der Waals surface area contributed by atoms with Crippen molar-refractivity contribution in [2.45, 2.75) is 67.7 Å². The van der Waals surface area contributed by atoms with Crippen LogP contribution >= 0.6 is 11.6 Å². The number of hydrogen-bond donors (Lipinski definition) is 2. The van der Waals surface area contributed by atoms with Crippen LogP contribution in [-0.4, -0.2) is 60.2 Å². The van der Waals surface area contributed by atoms with Gasteiger partial charge in [0.25, 0.3) is 0 Å². The Hall–Kier alpha value is -1.84. The summed E-state index contributed by atoms with van der Waals surface area (Å²) in [5.74, 6) is 3.32. The molecule has 1 atom stereocenters. The average molecular weight is 489 g/mol. The number of aromatic nitrogens is 4. The van der Waals surface area contributed by atoms with E-state index in [4.69, 9.17) is 21.6 Å². The first-order valence-electron chi connectivity index (χ1n) is 11.9. The number of halogens is 1. The van der Waals surface area contributed by atoms with Crippen LogP contribution in [0.25, 0.3) is 0 Å². The van der Waals surface area contributed by atoms with Crippen molar-refractivity contribution in [3.63, 3.8) is 0 Å². The Balaban J connectivity index is 1.21. The fraction of sp³-hybridized carbons (Fsp3) is 0.652. The van der Waals surface area contributed by atoms with Crippen molar-refractivity contribution in [3.8, 4) is 0 Å². The van der Waals surface area contributed by atoms with Crippen LogP contribution in [0, 0.1) is 5.41 Å². The minimum Gasteiger partial charge on any atom is -0.394 e. The van der Waals surface area contributed by atoms with E-state index in [1.807, 2.05) is 0 Å². The van der Waals surface area contributed by atoms with E-state index in [1.54, 1.807) is 12.4 Å². The maximum atomic E-state index is 13.0. The highest BCUT2D eigenvalue weighted by Gasteiger charge is 2.54. The number of aliphatic hydroxyl groups is 1. The second-order valence-electron chi connectivity index (χ2n) is 10.3. The van der Waals surface area contributed by atoms with E-state index in [0.29, 0.717) is 22.5 Å². The lowest BCUT2D eigenvalue weighted by molar-refractivity contribution is 0.0582. The first-order chi connectivity index (χ1) is 16.0. The highest BCUT2D eigenvalue weighted by Crippen LogP contribution is 2.56. The first-order valence-corrected chi connectivity index (χ1v) is 13.6. The standard InChI is InChI=1S/C23H29ClN6O2S/c24-16-10-25-19(26-11-16)15-8-22(9-15)12-30(13-22)21-27-17-4-1-2-7-33(32)18(17)20(28-21)29-23(14-31)5-3-6-23/h10-11,15,31H,1-9,12-14H2,(H,27,28,29)/t33-/m1/s1. The number of anilines is 2. The summed E-state index contributed by atoms with van der Waals surface area (Å²) in [7, 11) is -1.11. The van der Waals surface area contributed by atoms with Crippen molar-refractivity contribution in [2.24, 2.45) is 5.41 Å². The van der Waals surface area contributed by atoms with E-state index in [0.717, 1.165) is 86.8 Å². The van der Waals surface area contributed by atoms with Crippen LogP contribution in [0.4, 0.5) is 11.8 Å². The molecule has 33 heavy (non-hydrogen) atoms. The van der Waals surface area contributed by atoms with Gasteiger partial charge in [0.1, 0.15) is 16.5 Å². The molecule has 176 valence electrons. The minimum atomic E-state index is -1.11. The fourth-order valence-corrected chi connectivity index (χ4v) is 7.28. The summed E-state index contributed by atoms with van der Waals surface area (Å²) in [6, 6.07) is 0. The van der Waals surface area contributed by atoms with Crippen molar-refractivity contribution < 1.29 is 9.32 Å². The molecular weight excluding hydrogens is 460 g/mol. The molecule has 0 radical (unpaired) electrons. The summed E-state index contributed by atoms with van der Waals surface area (Å²) < 4.78 is 13.0. The molecule has 0 bridgehead atoms. The summed E-state index contributed by atoms with van der Waals surface area (Å²) >= 11 is 5.92. The van der Waals surface area contributed by atoms with Gasteiger partial charge in [-0.25, -0.2) is 15.0 Å². The average Bonchev–Trinajstić information content (AvgIpc) is 2.91. The Labute approximate surface area is 201 Å². The molecule has 8 nitrogen and oxygen atoms in total. The maximum Gasteiger partial charge on any atom is 0.227 e. The molecule has 1 spiro atoms. The van der Waals surface area contributed by atoms with Crippen LogP contribution < -0.4 is 10.2 Å². The number of nitrogens with zero attached hydrogens (tertiary/aromatic N) is 5. The van der Waals surface area contributed by atoms with E-state index < -0.39 is 10.8 Å². The lowest BCUT2D eigenvalue weighted by Gasteiger charge is -2.58. The van der Waals surface area contributed by atoms with Crippen molar-refractivity contribution in [1.29, 1.82) is 0 Å². The molecule has 2 aliphatic heterocycles. The molecule has 0 amide bonds. The van der Waals surface area contributed by atoms with E-state index in [1.165, 1.54) is 0 Å². The third-order valence-corrected chi connectivity index (χ3v) is 9.58. The quantitative estimate of drug-likeness (QED) is 0.661. The van der Waals surface area contributed by atoms with Crippen molar-refractivity contribution in [3.05, 3.63) is 28.9 Å². The van der Waals surface area contributed by atoms with Gasteiger partial charge in [-0.1, -0.05) is 11.6 Å². The molecule has 2 N–H and O–H groups in total. The van der Waals surface area contributed by atoms with Gasteiger partial charge in [-0.3, -0.25) is 4.21 Å². The Kier molecular flexibility index (Phi) is 5.34. The molecule has 4 aliphatic rings. The third-order valence-electron chi connectivity index (χ3n) is 7.84. The summed E-state index contributed by atoms with van der Waals surface area (Å²) in [5.41, 5.74) is 0.847. The fourth-order valence-electron chi connectivity index (χ4n) is 5.79. The number of nitrogens with one attached hydrogen (secondary N) is 1. The summed E-state index contributed by atoms with van der Waals surface area (Å²) in [5, 5.41) is 14.1. The lowest BCUT2D eigenvalue weighted by Crippen LogP contribution is -2.62. The van der Waals surface area contributed by atoms with Crippen LogP contribution in [0.1, 0.15) is 62.4 Å². The van der Waals surface area contributed by atoms with E-state index in [2.05, 4.69) is 20.2 Å². The largest absolute Gasteiger partial charge is 0.394 e. The molecule has 6 rings (SSSR count). The van der Waals surface area contributed by atoms with Gasteiger partial charge in [0.2, 0.25) is 5.95 Å². The van der Waals surface area contributed by atoms with E-state index in [-0.39, 0.29) is 17.6 Å². The Morgan fingerprint density at radius 2 is 1.91 bits per heavy atom. The van der Waals surface area contributed by atoms with Gasteiger partial charge in [0.05, 0.1) is 33.7 Å². The molecule has 2 aromatic heterocycles. The maximum absolute atomic E-state index is 13.0. The number of aryl methyl sites for hydroxylation is 1. The van der Waals surface area contributed by atoms with Crippen LogP contribution in [0.2, 0.25) is 5.02 Å². The second kappa shape index (κ2) is 8.13. The second-order valence-corrected chi connectivity index (χ2v) is 12.2. The monoisotopic (exact) mass is 488 g/mol. The van der Waals surface area contributed by atoms with Gasteiger partial charge in [-0.05, 0) is 51.4 Å². The predicted molar refractivity (Wildman–Crippen MR) is 127 cm³/mol. The van der Waals surface area contributed by atoms with E-state index in [9.17, 15) is 9.32 Å². The topological polar surface area (TPSA) is 104 Å². The van der Waals surface area contributed by atoms with Gasteiger partial charge >= 0.3 is 0 Å². The molecule has 1 saturated heterocycles. The molecule has 3 fully saturated rings. The molecule has 2 aliphatic carbocycles. The molecule has 2 aromatic rings. The van der Waals surface area contributed by atoms with Crippen LogP contribution in [0.5, 0.6) is 0 Å². The van der Waals surface area contributed by atoms with Gasteiger partial charge in [0.15, 0.2) is 0 Å². The van der Waals surface area contributed by atoms with Crippen molar-refractivity contribution >= 4 is 34.2 Å². The normalized spacial score (nSPS) is 25.4. The van der Waals surface area contributed by atoms with Gasteiger partial charge in [0, 0.05) is 42.6 Å². The zero-order valence-electron chi connectivity index (χ0n) is 18.6. The zero-order valence-corrected chi connectivity index (χ0v) is 20.2. The molecule has 4 heterocycles. The smallest absolute Gasteiger partial charge is 0.227 e. The summed E-state index contributed by atoms with van der Waals surface area (Å²) in [4.78, 5) is 21.6. The van der Waals surface area contributed by atoms with Gasteiger partial charge in [-0.15, -0.1) is 0 Å². The highest BCUT2D eigenvalue weighted by molar-refractivity contribution is 7.85. The Morgan fingerprint density at radius 1 is 1.15 bits per heavy atom. The SMILES string of the molecule is O=[S@@]1CCCCc2nc(N3CC4(CC(c5ncc(Cl)cn5)C4)C3)nc(NC3(CO)CCC3)c21. The van der Waals surface area contributed by atoms with Gasteiger partial charge < -0.3 is 15.3 Å². The first kappa shape index (κ1) is 21.7. The molecule has 0 aromatic carbocycles. The van der Waals surface area contributed by atoms with Crippen LogP contribution in [0.15, 0.2) is 17.3 Å². The van der Waals surface area contributed by atoms with Gasteiger partial charge in [-0.2, -0.15) is 4.98 Å². The zero-order chi connectivity index (χ0) is 22.6. The number of rotatable bonds is 5. The van der Waals surface area contributed by atoms with E-state index >= 15 is 0 Å². The summed E-state index contributed by atoms with van der Waals surface area (Å²) in [6.07, 6.45) is 11.1. The molecule has 0 unspecified atom stereocenters. The summed E-state index contributed by atoms with van der Waals surface area (Å²) in [6.45, 7) is 1.90. The molecule has 10 heteroatoms. The number of fused-ring (bicyclic) bond motifs is 1. The van der Waals surface area contributed by atoms with Crippen molar-refractivity contribution in [2.75, 3.05) is 35.7 Å². The minimum absolute atomic E-state index is 0.0642. The lowest BCUT2D eigenvalue weighted by atomic mass is 9.57. The van der Waals surface area contributed by atoms with Crippen LogP contribution in [-0.2, 0) is 17.2 Å². The van der Waals surface area contributed by atoms with Crippen molar-refractivity contribution in [1.82, 2.24) is 19.9 Å². The Morgan fingerprint density at radius 3 is 2.58 bits per heavy atom. The highest BCUT2D eigenvalue weighted by atomic mass is 35.5. The molecular formula is C23H29ClN6O2S. The molecule has 2 saturated carbocycles. The Bertz CT molecular complexity index is 1070. The number of aliphatic hydroxyl groups excluding tert-OH is 1. The predicted octanol–water partition coefficient (Wildman–Crippen LogP) is 3.07.